The Labute approximate surface area is 219 Å². The first-order valence-corrected chi connectivity index (χ1v) is 13.1. The van der Waals surface area contributed by atoms with Crippen LogP contribution in [-0.4, -0.2) is 28.4 Å². The molecule has 1 unspecified atom stereocenters. The number of hydrogen-bond acceptors (Lipinski definition) is 6. The van der Waals surface area contributed by atoms with Gasteiger partial charge in [0, 0.05) is 5.56 Å². The standard InChI is InChI=1S/C30H28N2O4S/c1-5-19-10-12-22-24(16-19)37-30(31-22)32-26(20-9-7-8-17(3)14-20)25(28(34)29(32)35)27(33)21-11-13-23(36-6-2)18(4)15-21/h7-16,26,33H,5-6H2,1-4H3/b27-25+. The quantitative estimate of drug-likeness (QED) is 0.181. The molecule has 37 heavy (non-hydrogen) atoms. The normalized spacial score (nSPS) is 17.1. The number of aliphatic hydroxyl groups is 1. The van der Waals surface area contributed by atoms with Gasteiger partial charge in [-0.2, -0.15) is 0 Å². The number of hydrogen-bond donors (Lipinski definition) is 1. The zero-order valence-corrected chi connectivity index (χ0v) is 22.1. The lowest BCUT2D eigenvalue weighted by Crippen LogP contribution is -2.29. The highest BCUT2D eigenvalue weighted by Gasteiger charge is 2.48. The minimum Gasteiger partial charge on any atom is -0.507 e. The Morgan fingerprint density at radius 3 is 2.57 bits per heavy atom. The fourth-order valence-electron chi connectivity index (χ4n) is 4.73. The van der Waals surface area contributed by atoms with E-state index in [1.165, 1.54) is 21.8 Å². The number of ether oxygens (including phenoxy) is 1. The summed E-state index contributed by atoms with van der Waals surface area (Å²) in [4.78, 5) is 33.1. The molecular formula is C30H28N2O4S. The average Bonchev–Trinajstić information content (AvgIpc) is 3.42. The van der Waals surface area contributed by atoms with Crippen LogP contribution in [0.15, 0.2) is 66.2 Å². The van der Waals surface area contributed by atoms with Gasteiger partial charge in [0.25, 0.3) is 5.78 Å². The van der Waals surface area contributed by atoms with Crippen molar-refractivity contribution in [2.75, 3.05) is 11.5 Å². The van der Waals surface area contributed by atoms with Crippen molar-refractivity contribution in [1.82, 2.24) is 4.98 Å². The van der Waals surface area contributed by atoms with E-state index in [1.54, 1.807) is 18.2 Å². The molecule has 6 nitrogen and oxygen atoms in total. The third-order valence-electron chi connectivity index (χ3n) is 6.61. The van der Waals surface area contributed by atoms with Gasteiger partial charge in [-0.15, -0.1) is 0 Å². The van der Waals surface area contributed by atoms with Crippen molar-refractivity contribution in [3.63, 3.8) is 0 Å². The second-order valence-electron chi connectivity index (χ2n) is 9.15. The molecule has 0 aliphatic carbocycles. The smallest absolute Gasteiger partial charge is 0.301 e. The van der Waals surface area contributed by atoms with E-state index in [-0.39, 0.29) is 11.3 Å². The number of benzene rings is 3. The highest BCUT2D eigenvalue weighted by molar-refractivity contribution is 7.22. The van der Waals surface area contributed by atoms with E-state index in [1.807, 2.05) is 57.2 Å². The van der Waals surface area contributed by atoms with Gasteiger partial charge >= 0.3 is 5.91 Å². The molecule has 1 amide bonds. The third-order valence-corrected chi connectivity index (χ3v) is 7.62. The van der Waals surface area contributed by atoms with Crippen molar-refractivity contribution < 1.29 is 19.4 Å². The summed E-state index contributed by atoms with van der Waals surface area (Å²) in [5, 5.41) is 11.9. The minimum absolute atomic E-state index is 0.0488. The molecule has 1 N–H and O–H groups in total. The lowest BCUT2D eigenvalue weighted by Gasteiger charge is -2.23. The van der Waals surface area contributed by atoms with E-state index >= 15 is 0 Å². The van der Waals surface area contributed by atoms with Gasteiger partial charge in [0.15, 0.2) is 5.13 Å². The maximum absolute atomic E-state index is 13.5. The molecule has 0 radical (unpaired) electrons. The molecule has 0 bridgehead atoms. The van der Waals surface area contributed by atoms with Crippen molar-refractivity contribution in [3.8, 4) is 5.75 Å². The van der Waals surface area contributed by atoms with Crippen LogP contribution in [0, 0.1) is 13.8 Å². The van der Waals surface area contributed by atoms with Crippen LogP contribution < -0.4 is 9.64 Å². The van der Waals surface area contributed by atoms with E-state index in [0.717, 1.165) is 33.3 Å². The predicted octanol–water partition coefficient (Wildman–Crippen LogP) is 6.50. The molecule has 1 aliphatic rings. The highest BCUT2D eigenvalue weighted by Crippen LogP contribution is 2.44. The highest BCUT2D eigenvalue weighted by atomic mass is 32.1. The molecule has 1 fully saturated rings. The number of carbonyl (C=O) groups excluding carboxylic acids is 2. The van der Waals surface area contributed by atoms with Crippen LogP contribution in [0.2, 0.25) is 0 Å². The minimum atomic E-state index is -0.807. The molecule has 1 aromatic heterocycles. The number of aromatic nitrogens is 1. The van der Waals surface area contributed by atoms with Crippen molar-refractivity contribution in [2.24, 2.45) is 0 Å². The molecule has 1 aliphatic heterocycles. The maximum atomic E-state index is 13.5. The van der Waals surface area contributed by atoms with Crippen LogP contribution >= 0.6 is 11.3 Å². The Morgan fingerprint density at radius 1 is 1.05 bits per heavy atom. The molecule has 1 atom stereocenters. The van der Waals surface area contributed by atoms with Crippen molar-refractivity contribution in [2.45, 2.75) is 40.2 Å². The lowest BCUT2D eigenvalue weighted by atomic mass is 9.94. The van der Waals surface area contributed by atoms with E-state index in [2.05, 4.69) is 13.0 Å². The van der Waals surface area contributed by atoms with Gasteiger partial charge < -0.3 is 9.84 Å². The van der Waals surface area contributed by atoms with Gasteiger partial charge in [-0.25, -0.2) is 4.98 Å². The topological polar surface area (TPSA) is 79.7 Å². The number of nitrogens with zero attached hydrogens (tertiary/aromatic N) is 2. The summed E-state index contributed by atoms with van der Waals surface area (Å²) < 4.78 is 6.57. The zero-order chi connectivity index (χ0) is 26.3. The van der Waals surface area contributed by atoms with Crippen LogP contribution in [0.25, 0.3) is 16.0 Å². The Bertz CT molecular complexity index is 1570. The summed E-state index contributed by atoms with van der Waals surface area (Å²) in [6.07, 6.45) is 0.887. The number of aliphatic hydroxyl groups excluding tert-OH is 1. The zero-order valence-electron chi connectivity index (χ0n) is 21.2. The largest absolute Gasteiger partial charge is 0.507 e. The second-order valence-corrected chi connectivity index (χ2v) is 10.2. The first-order valence-electron chi connectivity index (χ1n) is 12.3. The number of thiazole rings is 1. The number of rotatable bonds is 6. The monoisotopic (exact) mass is 512 g/mol. The van der Waals surface area contributed by atoms with Gasteiger partial charge in [0.05, 0.1) is 28.4 Å². The van der Waals surface area contributed by atoms with Gasteiger partial charge in [-0.05, 0) is 74.2 Å². The summed E-state index contributed by atoms with van der Waals surface area (Å²) in [5.41, 5.74) is 4.98. The molecule has 2 heterocycles. The molecule has 4 aromatic rings. The van der Waals surface area contributed by atoms with Crippen molar-refractivity contribution >= 4 is 44.1 Å². The predicted molar refractivity (Wildman–Crippen MR) is 147 cm³/mol. The lowest BCUT2D eigenvalue weighted by molar-refractivity contribution is -0.132. The third kappa shape index (κ3) is 4.40. The van der Waals surface area contributed by atoms with Crippen LogP contribution in [0.3, 0.4) is 0 Å². The number of aryl methyl sites for hydroxylation is 3. The van der Waals surface area contributed by atoms with Crippen LogP contribution in [0.5, 0.6) is 5.75 Å². The summed E-state index contributed by atoms with van der Waals surface area (Å²) in [6.45, 7) is 8.34. The Kier molecular flexibility index (Phi) is 6.56. The van der Waals surface area contributed by atoms with Gasteiger partial charge in [0.2, 0.25) is 0 Å². The van der Waals surface area contributed by atoms with Crippen LogP contribution in [-0.2, 0) is 16.0 Å². The molecule has 3 aromatic carbocycles. The molecular weight excluding hydrogens is 484 g/mol. The SMILES string of the molecule is CCOc1ccc(/C(O)=C2\C(=O)C(=O)N(c3nc4ccc(CC)cc4s3)C2c2cccc(C)c2)cc1C. The summed E-state index contributed by atoms with van der Waals surface area (Å²) in [7, 11) is 0. The van der Waals surface area contributed by atoms with E-state index in [0.29, 0.717) is 23.1 Å². The summed E-state index contributed by atoms with van der Waals surface area (Å²) in [6, 6.07) is 18.1. The number of carbonyl (C=O) groups is 2. The number of ketones is 1. The number of fused-ring (bicyclic) bond motifs is 1. The van der Waals surface area contributed by atoms with Crippen LogP contribution in [0.1, 0.15) is 47.7 Å². The molecule has 0 spiro atoms. The van der Waals surface area contributed by atoms with E-state index in [9.17, 15) is 14.7 Å². The fourth-order valence-corrected chi connectivity index (χ4v) is 5.79. The average molecular weight is 513 g/mol. The van der Waals surface area contributed by atoms with Gasteiger partial charge in [-0.1, -0.05) is 54.2 Å². The molecule has 188 valence electrons. The Hall–Kier alpha value is -3.97. The fraction of sp³-hybridized carbons (Fsp3) is 0.233. The second kappa shape index (κ2) is 9.82. The number of Topliss-reactive ketones (excluding diaryl/α,β-unsaturated/α-hetero) is 1. The summed E-state index contributed by atoms with van der Waals surface area (Å²) in [5.74, 6) is -0.946. The van der Waals surface area contributed by atoms with Gasteiger partial charge in [0.1, 0.15) is 11.5 Å². The number of anilines is 1. The Morgan fingerprint density at radius 2 is 1.86 bits per heavy atom. The Balaban J connectivity index is 1.70. The first-order chi connectivity index (χ1) is 17.8. The summed E-state index contributed by atoms with van der Waals surface area (Å²) >= 11 is 1.37. The molecule has 0 saturated carbocycles. The van der Waals surface area contributed by atoms with Gasteiger partial charge in [-0.3, -0.25) is 14.5 Å². The number of amides is 1. The molecule has 1 saturated heterocycles. The molecule has 5 rings (SSSR count). The molecule has 7 heteroatoms. The van der Waals surface area contributed by atoms with E-state index in [4.69, 9.17) is 9.72 Å². The first kappa shape index (κ1) is 24.7. The van der Waals surface area contributed by atoms with E-state index < -0.39 is 17.7 Å². The maximum Gasteiger partial charge on any atom is 0.301 e. The van der Waals surface area contributed by atoms with Crippen LogP contribution in [0.4, 0.5) is 5.13 Å². The van der Waals surface area contributed by atoms with Crippen molar-refractivity contribution in [1.29, 1.82) is 0 Å². The van der Waals surface area contributed by atoms with Crippen molar-refractivity contribution in [3.05, 3.63) is 94.1 Å².